The minimum atomic E-state index is 0.284. The number of carbonyl (C=O) groups is 1. The second-order valence-electron chi connectivity index (χ2n) is 6.23. The van der Waals surface area contributed by atoms with Crippen LogP contribution in [0.2, 0.25) is 0 Å². The van der Waals surface area contributed by atoms with E-state index >= 15 is 0 Å². The number of furan rings is 1. The van der Waals surface area contributed by atoms with E-state index in [9.17, 15) is 4.79 Å². The Morgan fingerprint density at radius 3 is 2.82 bits per heavy atom. The van der Waals surface area contributed by atoms with Crippen molar-refractivity contribution in [3.8, 4) is 0 Å². The molecule has 0 aliphatic carbocycles. The van der Waals surface area contributed by atoms with Crippen LogP contribution in [0.3, 0.4) is 0 Å². The van der Waals surface area contributed by atoms with Crippen molar-refractivity contribution in [3.05, 3.63) is 23.7 Å². The number of rotatable bonds is 6. The SMILES string of the molecule is CCc1ccc(CN2CC[C@@H]3[C@H]2CCC(=O)N3CCOC)o1. The number of aryl methyl sites for hydroxylation is 1. The van der Waals surface area contributed by atoms with Crippen LogP contribution in [0.5, 0.6) is 0 Å². The number of amides is 1. The lowest BCUT2D eigenvalue weighted by Crippen LogP contribution is -2.52. The molecular formula is C17H26N2O3. The van der Waals surface area contributed by atoms with E-state index < -0.39 is 0 Å². The molecule has 1 aromatic rings. The molecule has 0 radical (unpaired) electrons. The molecule has 0 unspecified atom stereocenters. The molecule has 0 spiro atoms. The number of hydrogen-bond acceptors (Lipinski definition) is 4. The molecule has 0 bridgehead atoms. The highest BCUT2D eigenvalue weighted by Gasteiger charge is 2.42. The van der Waals surface area contributed by atoms with Crippen LogP contribution in [0.4, 0.5) is 0 Å². The largest absolute Gasteiger partial charge is 0.465 e. The summed E-state index contributed by atoms with van der Waals surface area (Å²) >= 11 is 0. The predicted molar refractivity (Wildman–Crippen MR) is 83.5 cm³/mol. The molecule has 1 amide bonds. The zero-order chi connectivity index (χ0) is 15.5. The molecule has 5 heteroatoms. The van der Waals surface area contributed by atoms with Gasteiger partial charge in [0.2, 0.25) is 5.91 Å². The van der Waals surface area contributed by atoms with Crippen LogP contribution < -0.4 is 0 Å². The van der Waals surface area contributed by atoms with Gasteiger partial charge in [-0.3, -0.25) is 9.69 Å². The zero-order valence-corrected chi connectivity index (χ0v) is 13.6. The Labute approximate surface area is 132 Å². The van der Waals surface area contributed by atoms with Gasteiger partial charge < -0.3 is 14.1 Å². The lowest BCUT2D eigenvalue weighted by Gasteiger charge is -2.39. The number of nitrogens with zero attached hydrogens (tertiary/aromatic N) is 2. The van der Waals surface area contributed by atoms with Crippen LogP contribution in [0.1, 0.15) is 37.7 Å². The van der Waals surface area contributed by atoms with Gasteiger partial charge in [-0.15, -0.1) is 0 Å². The van der Waals surface area contributed by atoms with Crippen LogP contribution in [0.25, 0.3) is 0 Å². The Bertz CT molecular complexity index is 514. The fraction of sp³-hybridized carbons (Fsp3) is 0.706. The maximum atomic E-state index is 12.2. The molecular weight excluding hydrogens is 280 g/mol. The maximum absolute atomic E-state index is 12.2. The van der Waals surface area contributed by atoms with Crippen LogP contribution >= 0.6 is 0 Å². The Balaban J connectivity index is 1.65. The molecule has 0 saturated carbocycles. The number of ether oxygens (including phenoxy) is 1. The second kappa shape index (κ2) is 6.84. The van der Waals surface area contributed by atoms with Gasteiger partial charge in [0.05, 0.1) is 13.2 Å². The molecule has 122 valence electrons. The fourth-order valence-corrected chi connectivity index (χ4v) is 3.81. The van der Waals surface area contributed by atoms with Crippen molar-refractivity contribution in [2.24, 2.45) is 0 Å². The molecule has 1 aromatic heterocycles. The Morgan fingerprint density at radius 1 is 1.27 bits per heavy atom. The lowest BCUT2D eigenvalue weighted by molar-refractivity contribution is -0.138. The number of fused-ring (bicyclic) bond motifs is 1. The van der Waals surface area contributed by atoms with Crippen LogP contribution in [-0.2, 0) is 22.5 Å². The summed E-state index contributed by atoms with van der Waals surface area (Å²) < 4.78 is 11.0. The summed E-state index contributed by atoms with van der Waals surface area (Å²) in [7, 11) is 1.69. The molecule has 0 N–H and O–H groups in total. The Kier molecular flexibility index (Phi) is 4.84. The van der Waals surface area contributed by atoms with Crippen molar-refractivity contribution in [2.75, 3.05) is 26.8 Å². The number of carbonyl (C=O) groups excluding carboxylic acids is 1. The van der Waals surface area contributed by atoms with E-state index in [1.807, 2.05) is 4.90 Å². The normalized spacial score (nSPS) is 25.7. The van der Waals surface area contributed by atoms with Gasteiger partial charge in [-0.1, -0.05) is 6.92 Å². The highest BCUT2D eigenvalue weighted by molar-refractivity contribution is 5.77. The average Bonchev–Trinajstić information content (AvgIpc) is 3.14. The van der Waals surface area contributed by atoms with Gasteiger partial charge >= 0.3 is 0 Å². The Morgan fingerprint density at radius 2 is 2.09 bits per heavy atom. The van der Waals surface area contributed by atoms with Gasteiger partial charge in [-0.25, -0.2) is 0 Å². The summed E-state index contributed by atoms with van der Waals surface area (Å²) in [6, 6.07) is 4.96. The molecule has 2 saturated heterocycles. The molecule has 2 fully saturated rings. The monoisotopic (exact) mass is 306 g/mol. The molecule has 3 rings (SSSR count). The third-order valence-corrected chi connectivity index (χ3v) is 4.96. The zero-order valence-electron chi connectivity index (χ0n) is 13.6. The van der Waals surface area contributed by atoms with E-state index in [-0.39, 0.29) is 5.91 Å². The quantitative estimate of drug-likeness (QED) is 0.807. The minimum Gasteiger partial charge on any atom is -0.465 e. The van der Waals surface area contributed by atoms with Crippen molar-refractivity contribution in [3.63, 3.8) is 0 Å². The Hall–Kier alpha value is -1.33. The van der Waals surface area contributed by atoms with Crippen molar-refractivity contribution in [1.82, 2.24) is 9.80 Å². The van der Waals surface area contributed by atoms with Crippen LogP contribution in [-0.4, -0.2) is 54.6 Å². The van der Waals surface area contributed by atoms with Crippen molar-refractivity contribution >= 4 is 5.91 Å². The van der Waals surface area contributed by atoms with Gasteiger partial charge in [0.25, 0.3) is 0 Å². The van der Waals surface area contributed by atoms with Gasteiger partial charge in [-0.2, -0.15) is 0 Å². The standard InChI is InChI=1S/C17H26N2O3/c1-3-13-4-5-14(22-13)12-18-9-8-16-15(18)6-7-17(20)19(16)10-11-21-2/h4-5,15-16H,3,6-12H2,1-2H3/t15-,16-/m1/s1. The molecule has 5 nitrogen and oxygen atoms in total. The van der Waals surface area contributed by atoms with Crippen molar-refractivity contribution in [1.29, 1.82) is 0 Å². The van der Waals surface area contributed by atoms with Crippen molar-refractivity contribution in [2.45, 2.75) is 51.2 Å². The van der Waals surface area contributed by atoms with Crippen LogP contribution in [0, 0.1) is 0 Å². The third-order valence-electron chi connectivity index (χ3n) is 4.96. The first-order valence-corrected chi connectivity index (χ1v) is 8.33. The van der Waals surface area contributed by atoms with Gasteiger partial charge in [0, 0.05) is 45.1 Å². The summed E-state index contributed by atoms with van der Waals surface area (Å²) in [5, 5.41) is 0. The van der Waals surface area contributed by atoms with E-state index in [1.165, 1.54) is 0 Å². The summed E-state index contributed by atoms with van der Waals surface area (Å²) in [5.74, 6) is 2.37. The molecule has 22 heavy (non-hydrogen) atoms. The summed E-state index contributed by atoms with van der Waals surface area (Å²) in [6.45, 7) is 5.33. The highest BCUT2D eigenvalue weighted by Crippen LogP contribution is 2.32. The molecule has 0 aromatic carbocycles. The topological polar surface area (TPSA) is 45.9 Å². The first-order valence-electron chi connectivity index (χ1n) is 8.33. The number of likely N-dealkylation sites (tertiary alicyclic amines) is 2. The van der Waals surface area contributed by atoms with Gasteiger partial charge in [0.15, 0.2) is 0 Å². The van der Waals surface area contributed by atoms with E-state index in [2.05, 4.69) is 24.0 Å². The van der Waals surface area contributed by atoms with E-state index in [0.717, 1.165) is 43.9 Å². The van der Waals surface area contributed by atoms with Gasteiger partial charge in [0.1, 0.15) is 11.5 Å². The highest BCUT2D eigenvalue weighted by atomic mass is 16.5. The summed E-state index contributed by atoms with van der Waals surface area (Å²) in [4.78, 5) is 16.7. The minimum absolute atomic E-state index is 0.284. The first-order chi connectivity index (χ1) is 10.7. The predicted octanol–water partition coefficient (Wildman–Crippen LogP) is 2.05. The molecule has 2 aliphatic heterocycles. The lowest BCUT2D eigenvalue weighted by atomic mass is 9.96. The summed E-state index contributed by atoms with van der Waals surface area (Å²) in [6.07, 6.45) is 3.61. The van der Waals surface area contributed by atoms with E-state index in [4.69, 9.17) is 9.15 Å². The third kappa shape index (κ3) is 3.06. The number of methoxy groups -OCH3 is 1. The number of piperidine rings is 1. The smallest absolute Gasteiger partial charge is 0.223 e. The number of hydrogen-bond donors (Lipinski definition) is 0. The average molecular weight is 306 g/mol. The summed E-state index contributed by atoms with van der Waals surface area (Å²) in [5.41, 5.74) is 0. The van der Waals surface area contributed by atoms with E-state index in [1.54, 1.807) is 7.11 Å². The fourth-order valence-electron chi connectivity index (χ4n) is 3.81. The van der Waals surface area contributed by atoms with Crippen molar-refractivity contribution < 1.29 is 13.9 Å². The maximum Gasteiger partial charge on any atom is 0.223 e. The molecule has 2 aliphatic rings. The van der Waals surface area contributed by atoms with Crippen LogP contribution in [0.15, 0.2) is 16.5 Å². The van der Waals surface area contributed by atoms with E-state index in [0.29, 0.717) is 31.7 Å². The first kappa shape index (κ1) is 15.6. The molecule has 3 heterocycles. The molecule has 2 atom stereocenters. The van der Waals surface area contributed by atoms with Gasteiger partial charge in [-0.05, 0) is 25.0 Å². The second-order valence-corrected chi connectivity index (χ2v) is 6.23.